The van der Waals surface area contributed by atoms with Gasteiger partial charge in [-0.2, -0.15) is 4.98 Å². The number of nitrogens with zero attached hydrogens (tertiary/aromatic N) is 2. The summed E-state index contributed by atoms with van der Waals surface area (Å²) in [4.78, 5) is 15.8. The van der Waals surface area contributed by atoms with Gasteiger partial charge in [-0.3, -0.25) is 4.79 Å². The van der Waals surface area contributed by atoms with Gasteiger partial charge < -0.3 is 20.3 Å². The van der Waals surface area contributed by atoms with Crippen LogP contribution in [0.25, 0.3) is 0 Å². The Labute approximate surface area is 109 Å². The van der Waals surface area contributed by atoms with E-state index in [-0.39, 0.29) is 5.91 Å². The number of hydrogen-bond donors (Lipinski definition) is 2. The monoisotopic (exact) mass is 262 g/mol. The molecule has 0 aliphatic carbocycles. The molecule has 3 N–H and O–H groups in total. The lowest BCUT2D eigenvalue weighted by atomic mass is 10.1. The van der Waals surface area contributed by atoms with Gasteiger partial charge in [0.25, 0.3) is 5.91 Å². The number of aromatic nitrogens is 2. The van der Waals surface area contributed by atoms with Crippen LogP contribution < -0.4 is 15.8 Å². The maximum absolute atomic E-state index is 11.9. The Bertz CT molecular complexity index is 554. The summed E-state index contributed by atoms with van der Waals surface area (Å²) in [5.41, 5.74) is 6.57. The Kier molecular flexibility index (Phi) is 3.97. The summed E-state index contributed by atoms with van der Waals surface area (Å²) in [6, 6.07) is 4.91. The molecule has 0 aliphatic heterocycles. The highest BCUT2D eigenvalue weighted by atomic mass is 16.5. The Morgan fingerprint density at radius 1 is 1.53 bits per heavy atom. The molecule has 0 bridgehead atoms. The summed E-state index contributed by atoms with van der Waals surface area (Å²) < 4.78 is 9.61. The van der Waals surface area contributed by atoms with Crippen molar-refractivity contribution in [2.24, 2.45) is 0 Å². The molecular formula is C12H14N4O3. The second kappa shape index (κ2) is 5.85. The molecular weight excluding hydrogens is 248 g/mol. The summed E-state index contributed by atoms with van der Waals surface area (Å²) in [6.45, 7) is 0.407. The van der Waals surface area contributed by atoms with E-state index in [1.807, 2.05) is 0 Å². The molecule has 0 saturated heterocycles. The Balaban J connectivity index is 1.92. The highest BCUT2D eigenvalue weighted by Crippen LogP contribution is 2.19. The third-order valence-electron chi connectivity index (χ3n) is 2.54. The van der Waals surface area contributed by atoms with Crippen molar-refractivity contribution in [3.05, 3.63) is 36.0 Å². The standard InChI is InChI=1S/C12H14N4O3/c1-18-8-2-3-9(10(13)6-8)12(17)14-5-4-11-15-7-19-16-11/h2-3,6-7H,4-5,13H2,1H3,(H,14,17). The van der Waals surface area contributed by atoms with E-state index in [0.29, 0.717) is 35.8 Å². The van der Waals surface area contributed by atoms with Crippen molar-refractivity contribution in [3.63, 3.8) is 0 Å². The number of hydrogen-bond acceptors (Lipinski definition) is 6. The predicted octanol–water partition coefficient (Wildman–Crippen LogP) is 0.633. The number of ether oxygens (including phenoxy) is 1. The van der Waals surface area contributed by atoms with Crippen LogP contribution in [0.1, 0.15) is 16.2 Å². The zero-order valence-corrected chi connectivity index (χ0v) is 10.4. The number of nitrogens with two attached hydrogens (primary N) is 1. The van der Waals surface area contributed by atoms with Crippen LogP contribution >= 0.6 is 0 Å². The van der Waals surface area contributed by atoms with Crippen molar-refractivity contribution in [1.29, 1.82) is 0 Å². The Morgan fingerprint density at radius 2 is 2.37 bits per heavy atom. The first-order chi connectivity index (χ1) is 9.20. The zero-order chi connectivity index (χ0) is 13.7. The third-order valence-corrected chi connectivity index (χ3v) is 2.54. The van der Waals surface area contributed by atoms with E-state index in [1.54, 1.807) is 25.3 Å². The summed E-state index contributed by atoms with van der Waals surface area (Å²) in [5.74, 6) is 0.910. The van der Waals surface area contributed by atoms with Crippen LogP contribution in [-0.4, -0.2) is 29.7 Å². The molecule has 1 heterocycles. The summed E-state index contributed by atoms with van der Waals surface area (Å²) in [6.07, 6.45) is 1.75. The lowest BCUT2D eigenvalue weighted by Gasteiger charge is -2.08. The highest BCUT2D eigenvalue weighted by Gasteiger charge is 2.10. The van der Waals surface area contributed by atoms with Crippen molar-refractivity contribution in [2.45, 2.75) is 6.42 Å². The van der Waals surface area contributed by atoms with Gasteiger partial charge in [-0.1, -0.05) is 5.16 Å². The molecule has 0 aliphatic rings. The zero-order valence-electron chi connectivity index (χ0n) is 10.4. The first-order valence-electron chi connectivity index (χ1n) is 5.67. The number of anilines is 1. The number of carbonyl (C=O) groups is 1. The fourth-order valence-electron chi connectivity index (χ4n) is 1.56. The molecule has 0 fully saturated rings. The third kappa shape index (κ3) is 3.21. The minimum absolute atomic E-state index is 0.247. The van der Waals surface area contributed by atoms with Gasteiger partial charge in [0.2, 0.25) is 6.39 Å². The summed E-state index contributed by atoms with van der Waals surface area (Å²) >= 11 is 0. The first kappa shape index (κ1) is 12.9. The molecule has 7 heteroatoms. The fraction of sp³-hybridized carbons (Fsp3) is 0.250. The van der Waals surface area contributed by atoms with Gasteiger partial charge in [-0.25, -0.2) is 0 Å². The first-order valence-corrected chi connectivity index (χ1v) is 5.67. The van der Waals surface area contributed by atoms with Gasteiger partial charge in [-0.15, -0.1) is 0 Å². The molecule has 2 rings (SSSR count). The SMILES string of the molecule is COc1ccc(C(=O)NCCc2ncon2)c(N)c1. The molecule has 19 heavy (non-hydrogen) atoms. The molecule has 1 aromatic heterocycles. The van der Waals surface area contributed by atoms with Gasteiger partial charge >= 0.3 is 0 Å². The highest BCUT2D eigenvalue weighted by molar-refractivity contribution is 5.99. The molecule has 0 radical (unpaired) electrons. The molecule has 0 unspecified atom stereocenters. The van der Waals surface area contributed by atoms with E-state index >= 15 is 0 Å². The van der Waals surface area contributed by atoms with Gasteiger partial charge in [-0.05, 0) is 12.1 Å². The van der Waals surface area contributed by atoms with E-state index in [4.69, 9.17) is 10.5 Å². The topological polar surface area (TPSA) is 103 Å². The average Bonchev–Trinajstić information content (AvgIpc) is 2.91. The number of rotatable bonds is 5. The van der Waals surface area contributed by atoms with E-state index < -0.39 is 0 Å². The summed E-state index contributed by atoms with van der Waals surface area (Å²) in [5, 5.41) is 6.38. The molecule has 0 saturated carbocycles. The van der Waals surface area contributed by atoms with Crippen LogP contribution in [0.5, 0.6) is 5.75 Å². The van der Waals surface area contributed by atoms with Gasteiger partial charge in [0.15, 0.2) is 5.82 Å². The minimum atomic E-state index is -0.247. The number of methoxy groups -OCH3 is 1. The van der Waals surface area contributed by atoms with Crippen molar-refractivity contribution < 1.29 is 14.1 Å². The molecule has 0 atom stereocenters. The lowest BCUT2D eigenvalue weighted by Crippen LogP contribution is -2.26. The van der Waals surface area contributed by atoms with Crippen LogP contribution in [0.3, 0.4) is 0 Å². The van der Waals surface area contributed by atoms with Crippen molar-refractivity contribution in [2.75, 3.05) is 19.4 Å². The van der Waals surface area contributed by atoms with Crippen LogP contribution in [-0.2, 0) is 6.42 Å². The second-order valence-electron chi connectivity index (χ2n) is 3.81. The maximum Gasteiger partial charge on any atom is 0.253 e. The van der Waals surface area contributed by atoms with Crippen molar-refractivity contribution in [3.8, 4) is 5.75 Å². The van der Waals surface area contributed by atoms with Crippen LogP contribution in [0.15, 0.2) is 29.1 Å². The number of nitrogens with one attached hydrogen (secondary N) is 1. The number of carbonyl (C=O) groups excluding carboxylic acids is 1. The summed E-state index contributed by atoms with van der Waals surface area (Å²) in [7, 11) is 1.54. The van der Waals surface area contributed by atoms with E-state index in [0.717, 1.165) is 0 Å². The van der Waals surface area contributed by atoms with Crippen LogP contribution in [0.4, 0.5) is 5.69 Å². The van der Waals surface area contributed by atoms with Gasteiger partial charge in [0.05, 0.1) is 12.7 Å². The Hall–Kier alpha value is -2.57. The molecule has 0 spiro atoms. The van der Waals surface area contributed by atoms with E-state index in [2.05, 4.69) is 20.0 Å². The molecule has 1 amide bonds. The smallest absolute Gasteiger partial charge is 0.253 e. The quantitative estimate of drug-likeness (QED) is 0.766. The van der Waals surface area contributed by atoms with Crippen LogP contribution in [0.2, 0.25) is 0 Å². The average molecular weight is 262 g/mol. The fourth-order valence-corrected chi connectivity index (χ4v) is 1.56. The molecule has 100 valence electrons. The number of amides is 1. The largest absolute Gasteiger partial charge is 0.497 e. The van der Waals surface area contributed by atoms with Crippen molar-refractivity contribution in [1.82, 2.24) is 15.5 Å². The van der Waals surface area contributed by atoms with Crippen molar-refractivity contribution >= 4 is 11.6 Å². The van der Waals surface area contributed by atoms with Gasteiger partial charge in [0, 0.05) is 24.7 Å². The maximum atomic E-state index is 11.9. The number of benzene rings is 1. The van der Waals surface area contributed by atoms with Gasteiger partial charge in [0.1, 0.15) is 5.75 Å². The second-order valence-corrected chi connectivity index (χ2v) is 3.81. The minimum Gasteiger partial charge on any atom is -0.497 e. The predicted molar refractivity (Wildman–Crippen MR) is 67.7 cm³/mol. The van der Waals surface area contributed by atoms with E-state index in [9.17, 15) is 4.79 Å². The molecule has 2 aromatic rings. The van der Waals surface area contributed by atoms with E-state index in [1.165, 1.54) is 6.39 Å². The molecule has 7 nitrogen and oxygen atoms in total. The Morgan fingerprint density at radius 3 is 3.00 bits per heavy atom. The molecule has 1 aromatic carbocycles. The normalized spacial score (nSPS) is 10.2. The number of nitrogen functional groups attached to an aromatic ring is 1. The van der Waals surface area contributed by atoms with Crippen LogP contribution in [0, 0.1) is 0 Å². The lowest BCUT2D eigenvalue weighted by molar-refractivity contribution is 0.0955.